The van der Waals surface area contributed by atoms with Crippen molar-refractivity contribution in [2.24, 2.45) is 0 Å². The first-order valence-electron chi connectivity index (χ1n) is 5.57. The summed E-state index contributed by atoms with van der Waals surface area (Å²) in [5.74, 6) is 1.39. The first kappa shape index (κ1) is 12.2. The zero-order valence-corrected chi connectivity index (χ0v) is 10.9. The van der Waals surface area contributed by atoms with Gasteiger partial charge in [0.05, 0.1) is 23.4 Å². The molecule has 5 nitrogen and oxygen atoms in total. The smallest absolute Gasteiger partial charge is 0.152 e. The Hall–Kier alpha value is -1.30. The van der Waals surface area contributed by atoms with E-state index in [9.17, 15) is 8.42 Å². The summed E-state index contributed by atoms with van der Waals surface area (Å²) in [6.07, 6.45) is 2.41. The molecule has 0 radical (unpaired) electrons. The number of hydrogen-bond acceptors (Lipinski definition) is 5. The largest absolute Gasteiger partial charge is 0.380 e. The van der Waals surface area contributed by atoms with E-state index in [1.54, 1.807) is 6.20 Å². The monoisotopic (exact) mass is 255 g/mol. The van der Waals surface area contributed by atoms with Gasteiger partial charge in [-0.1, -0.05) is 0 Å². The molecule has 94 valence electrons. The highest BCUT2D eigenvalue weighted by Gasteiger charge is 2.27. The van der Waals surface area contributed by atoms with Crippen LogP contribution in [0.25, 0.3) is 0 Å². The average molecular weight is 255 g/mol. The fourth-order valence-electron chi connectivity index (χ4n) is 1.88. The molecule has 2 heterocycles. The molecule has 2 rings (SSSR count). The molecular weight excluding hydrogens is 238 g/mol. The Kier molecular flexibility index (Phi) is 3.24. The van der Waals surface area contributed by atoms with Crippen LogP contribution in [-0.2, 0) is 9.84 Å². The third-order valence-electron chi connectivity index (χ3n) is 2.81. The molecule has 1 saturated heterocycles. The number of hydrogen-bond donors (Lipinski definition) is 1. The van der Waals surface area contributed by atoms with Crippen molar-refractivity contribution in [3.63, 3.8) is 0 Å². The maximum Gasteiger partial charge on any atom is 0.152 e. The van der Waals surface area contributed by atoms with E-state index in [4.69, 9.17) is 0 Å². The molecule has 0 saturated carbocycles. The fourth-order valence-corrected chi connectivity index (χ4v) is 3.55. The molecule has 1 aliphatic rings. The third kappa shape index (κ3) is 3.09. The van der Waals surface area contributed by atoms with Crippen molar-refractivity contribution >= 4 is 21.3 Å². The molecule has 1 fully saturated rings. The SMILES string of the molecule is CN(C)c1ccc(NC2CCS(=O)(=O)C2)cn1. The van der Waals surface area contributed by atoms with E-state index in [0.29, 0.717) is 6.42 Å². The minimum atomic E-state index is -2.83. The van der Waals surface area contributed by atoms with Crippen LogP contribution in [-0.4, -0.2) is 45.0 Å². The summed E-state index contributed by atoms with van der Waals surface area (Å²) < 4.78 is 22.6. The van der Waals surface area contributed by atoms with Gasteiger partial charge < -0.3 is 10.2 Å². The number of rotatable bonds is 3. The lowest BCUT2D eigenvalue weighted by molar-refractivity contribution is 0.602. The first-order valence-corrected chi connectivity index (χ1v) is 7.39. The van der Waals surface area contributed by atoms with Crippen molar-refractivity contribution in [1.29, 1.82) is 0 Å². The fraction of sp³-hybridized carbons (Fsp3) is 0.545. The molecule has 1 N–H and O–H groups in total. The Morgan fingerprint density at radius 1 is 1.41 bits per heavy atom. The molecular formula is C11H17N3O2S. The van der Waals surface area contributed by atoms with E-state index in [1.807, 2.05) is 31.1 Å². The molecule has 6 heteroatoms. The second-order valence-corrected chi connectivity index (χ2v) is 6.77. The van der Waals surface area contributed by atoms with Crippen LogP contribution in [0, 0.1) is 0 Å². The lowest BCUT2D eigenvalue weighted by atomic mass is 10.2. The van der Waals surface area contributed by atoms with E-state index in [2.05, 4.69) is 10.3 Å². The Balaban J connectivity index is 2.00. The van der Waals surface area contributed by atoms with Gasteiger partial charge in [0.2, 0.25) is 0 Å². The molecule has 17 heavy (non-hydrogen) atoms. The predicted octanol–water partition coefficient (Wildman–Crippen LogP) is 0.747. The Morgan fingerprint density at radius 3 is 2.65 bits per heavy atom. The Morgan fingerprint density at radius 2 is 2.18 bits per heavy atom. The lowest BCUT2D eigenvalue weighted by Crippen LogP contribution is -2.20. The second-order valence-electron chi connectivity index (χ2n) is 4.54. The molecule has 0 aliphatic carbocycles. The average Bonchev–Trinajstić information content (AvgIpc) is 2.59. The van der Waals surface area contributed by atoms with Crippen LogP contribution in [0.15, 0.2) is 18.3 Å². The van der Waals surface area contributed by atoms with Crippen LogP contribution >= 0.6 is 0 Å². The van der Waals surface area contributed by atoms with Gasteiger partial charge in [-0.15, -0.1) is 0 Å². The van der Waals surface area contributed by atoms with Crippen molar-refractivity contribution in [2.75, 3.05) is 35.8 Å². The summed E-state index contributed by atoms with van der Waals surface area (Å²) in [5, 5.41) is 3.20. The number of pyridine rings is 1. The number of nitrogens with zero attached hydrogens (tertiary/aromatic N) is 2. The topological polar surface area (TPSA) is 62.3 Å². The predicted molar refractivity (Wildman–Crippen MR) is 69.2 cm³/mol. The summed E-state index contributed by atoms with van der Waals surface area (Å²) in [7, 11) is 1.03. The van der Waals surface area contributed by atoms with Crippen molar-refractivity contribution in [1.82, 2.24) is 4.98 Å². The van der Waals surface area contributed by atoms with E-state index in [-0.39, 0.29) is 17.5 Å². The summed E-state index contributed by atoms with van der Waals surface area (Å²) in [4.78, 5) is 6.19. The minimum absolute atomic E-state index is 0.0204. The highest BCUT2D eigenvalue weighted by Crippen LogP contribution is 2.18. The lowest BCUT2D eigenvalue weighted by Gasteiger charge is -2.14. The standard InChI is InChI=1S/C11H17N3O2S/c1-14(2)11-4-3-9(7-12-11)13-10-5-6-17(15,16)8-10/h3-4,7,10,13H,5-6,8H2,1-2H3. The van der Waals surface area contributed by atoms with E-state index < -0.39 is 9.84 Å². The molecule has 1 unspecified atom stereocenters. The van der Waals surface area contributed by atoms with Gasteiger partial charge in [0.1, 0.15) is 5.82 Å². The van der Waals surface area contributed by atoms with Gasteiger partial charge in [-0.05, 0) is 18.6 Å². The summed E-state index contributed by atoms with van der Waals surface area (Å²) in [6.45, 7) is 0. The number of aromatic nitrogens is 1. The highest BCUT2D eigenvalue weighted by atomic mass is 32.2. The molecule has 0 aromatic carbocycles. The van der Waals surface area contributed by atoms with Crippen LogP contribution in [0.5, 0.6) is 0 Å². The van der Waals surface area contributed by atoms with Gasteiger partial charge in [0.15, 0.2) is 9.84 Å². The van der Waals surface area contributed by atoms with Gasteiger partial charge in [0, 0.05) is 20.1 Å². The van der Waals surface area contributed by atoms with E-state index in [1.165, 1.54) is 0 Å². The van der Waals surface area contributed by atoms with Crippen molar-refractivity contribution < 1.29 is 8.42 Å². The van der Waals surface area contributed by atoms with Gasteiger partial charge in [-0.25, -0.2) is 13.4 Å². The van der Waals surface area contributed by atoms with E-state index in [0.717, 1.165) is 11.5 Å². The van der Waals surface area contributed by atoms with Crippen molar-refractivity contribution in [3.8, 4) is 0 Å². The molecule has 1 aromatic rings. The van der Waals surface area contributed by atoms with Crippen LogP contribution in [0.3, 0.4) is 0 Å². The summed E-state index contributed by atoms with van der Waals surface area (Å²) in [5.41, 5.74) is 0.873. The second kappa shape index (κ2) is 4.52. The Labute approximate surface area is 102 Å². The minimum Gasteiger partial charge on any atom is -0.380 e. The van der Waals surface area contributed by atoms with E-state index >= 15 is 0 Å². The third-order valence-corrected chi connectivity index (χ3v) is 4.58. The number of anilines is 2. The molecule has 0 spiro atoms. The first-order chi connectivity index (χ1) is 7.96. The molecule has 0 amide bonds. The quantitative estimate of drug-likeness (QED) is 0.863. The van der Waals surface area contributed by atoms with Crippen LogP contribution in [0.2, 0.25) is 0 Å². The normalized spacial score (nSPS) is 22.4. The van der Waals surface area contributed by atoms with Crippen LogP contribution < -0.4 is 10.2 Å². The Bertz CT molecular complexity index is 482. The maximum atomic E-state index is 11.3. The zero-order valence-electron chi connectivity index (χ0n) is 10.0. The highest BCUT2D eigenvalue weighted by molar-refractivity contribution is 7.91. The van der Waals surface area contributed by atoms with Crippen LogP contribution in [0.4, 0.5) is 11.5 Å². The number of sulfone groups is 1. The molecule has 1 atom stereocenters. The number of nitrogens with one attached hydrogen (secondary N) is 1. The van der Waals surface area contributed by atoms with Gasteiger partial charge >= 0.3 is 0 Å². The molecule has 1 aliphatic heterocycles. The maximum absolute atomic E-state index is 11.3. The zero-order chi connectivity index (χ0) is 12.5. The van der Waals surface area contributed by atoms with Gasteiger partial charge in [0.25, 0.3) is 0 Å². The van der Waals surface area contributed by atoms with Crippen LogP contribution in [0.1, 0.15) is 6.42 Å². The van der Waals surface area contributed by atoms with Crippen molar-refractivity contribution in [2.45, 2.75) is 12.5 Å². The van der Waals surface area contributed by atoms with Crippen molar-refractivity contribution in [3.05, 3.63) is 18.3 Å². The van der Waals surface area contributed by atoms with Gasteiger partial charge in [-0.2, -0.15) is 0 Å². The summed E-state index contributed by atoms with van der Waals surface area (Å²) >= 11 is 0. The molecule has 0 bridgehead atoms. The van der Waals surface area contributed by atoms with Gasteiger partial charge in [-0.3, -0.25) is 0 Å². The molecule has 1 aromatic heterocycles. The summed E-state index contributed by atoms with van der Waals surface area (Å²) in [6, 6.07) is 3.85.